The summed E-state index contributed by atoms with van der Waals surface area (Å²) in [5, 5.41) is 3.44. The zero-order valence-corrected chi connectivity index (χ0v) is 13.4. The topological polar surface area (TPSA) is 39.7 Å². The first kappa shape index (κ1) is 16.2. The van der Waals surface area contributed by atoms with E-state index in [1.807, 2.05) is 30.3 Å². The molecule has 0 aliphatic heterocycles. The minimum absolute atomic E-state index is 0.747. The molecule has 118 valence electrons. The first-order valence-electron chi connectivity index (χ1n) is 7.31. The van der Waals surface area contributed by atoms with Crippen LogP contribution in [0.2, 0.25) is 0 Å². The molecule has 0 atom stereocenters. The molecule has 0 heterocycles. The Morgan fingerprint density at radius 1 is 0.818 bits per heavy atom. The Morgan fingerprint density at radius 3 is 2.14 bits per heavy atom. The molecule has 0 aliphatic carbocycles. The van der Waals surface area contributed by atoms with Crippen LogP contribution in [0.5, 0.6) is 17.2 Å². The largest absolute Gasteiger partial charge is 0.497 e. The summed E-state index contributed by atoms with van der Waals surface area (Å²) in [4.78, 5) is 0. The lowest BCUT2D eigenvalue weighted by Gasteiger charge is -2.11. The second-order valence-corrected chi connectivity index (χ2v) is 4.95. The van der Waals surface area contributed by atoms with E-state index in [2.05, 4.69) is 17.4 Å². The summed E-state index contributed by atoms with van der Waals surface area (Å²) < 4.78 is 15.8. The SMILES string of the molecule is COc1ccc(CCNCc2cc(OC)ccc2OC)cc1. The normalized spacial score (nSPS) is 10.3. The van der Waals surface area contributed by atoms with E-state index in [1.165, 1.54) is 5.56 Å². The lowest BCUT2D eigenvalue weighted by Crippen LogP contribution is -2.17. The van der Waals surface area contributed by atoms with Gasteiger partial charge in [-0.25, -0.2) is 0 Å². The van der Waals surface area contributed by atoms with Crippen molar-refractivity contribution < 1.29 is 14.2 Å². The van der Waals surface area contributed by atoms with Crippen molar-refractivity contribution in [2.24, 2.45) is 0 Å². The van der Waals surface area contributed by atoms with Gasteiger partial charge in [-0.1, -0.05) is 12.1 Å². The minimum Gasteiger partial charge on any atom is -0.497 e. The first-order chi connectivity index (χ1) is 10.8. The molecule has 22 heavy (non-hydrogen) atoms. The van der Waals surface area contributed by atoms with Gasteiger partial charge in [0.1, 0.15) is 17.2 Å². The number of nitrogens with one attached hydrogen (secondary N) is 1. The molecule has 0 radical (unpaired) electrons. The van der Waals surface area contributed by atoms with Crippen molar-refractivity contribution in [3.05, 3.63) is 53.6 Å². The van der Waals surface area contributed by atoms with Crippen LogP contribution in [0.4, 0.5) is 0 Å². The Morgan fingerprint density at radius 2 is 1.50 bits per heavy atom. The number of methoxy groups -OCH3 is 3. The van der Waals surface area contributed by atoms with Crippen molar-refractivity contribution in [2.75, 3.05) is 27.9 Å². The zero-order valence-electron chi connectivity index (χ0n) is 13.4. The van der Waals surface area contributed by atoms with Crippen molar-refractivity contribution >= 4 is 0 Å². The first-order valence-corrected chi connectivity index (χ1v) is 7.31. The molecule has 4 nitrogen and oxygen atoms in total. The zero-order chi connectivity index (χ0) is 15.8. The van der Waals surface area contributed by atoms with E-state index in [1.54, 1.807) is 21.3 Å². The second-order valence-electron chi connectivity index (χ2n) is 4.95. The Labute approximate surface area is 132 Å². The average Bonchev–Trinajstić information content (AvgIpc) is 2.59. The van der Waals surface area contributed by atoms with Gasteiger partial charge in [0, 0.05) is 12.1 Å². The Balaban J connectivity index is 1.85. The molecule has 0 fully saturated rings. The van der Waals surface area contributed by atoms with Crippen LogP contribution in [0.1, 0.15) is 11.1 Å². The standard InChI is InChI=1S/C18H23NO3/c1-20-16-6-4-14(5-7-16)10-11-19-13-15-12-17(21-2)8-9-18(15)22-3/h4-9,12,19H,10-11,13H2,1-3H3. The third-order valence-corrected chi connectivity index (χ3v) is 3.55. The van der Waals surface area contributed by atoms with Gasteiger partial charge in [0.05, 0.1) is 21.3 Å². The fourth-order valence-electron chi connectivity index (χ4n) is 2.27. The van der Waals surface area contributed by atoms with E-state index in [9.17, 15) is 0 Å². The van der Waals surface area contributed by atoms with Gasteiger partial charge in [-0.2, -0.15) is 0 Å². The fourth-order valence-corrected chi connectivity index (χ4v) is 2.27. The lowest BCUT2D eigenvalue weighted by molar-refractivity contribution is 0.397. The van der Waals surface area contributed by atoms with Crippen LogP contribution in [0.3, 0.4) is 0 Å². The van der Waals surface area contributed by atoms with Crippen molar-refractivity contribution in [3.8, 4) is 17.2 Å². The highest BCUT2D eigenvalue weighted by molar-refractivity contribution is 5.40. The maximum Gasteiger partial charge on any atom is 0.123 e. The molecule has 4 heteroatoms. The molecule has 0 saturated heterocycles. The summed E-state index contributed by atoms with van der Waals surface area (Å²) in [6.45, 7) is 1.64. The second kappa shape index (κ2) is 8.29. The summed E-state index contributed by atoms with van der Waals surface area (Å²) in [5.74, 6) is 2.60. The van der Waals surface area contributed by atoms with Gasteiger partial charge in [-0.3, -0.25) is 0 Å². The predicted octanol–water partition coefficient (Wildman–Crippen LogP) is 3.04. The molecular weight excluding hydrogens is 278 g/mol. The molecule has 0 saturated carbocycles. The maximum atomic E-state index is 5.38. The number of hydrogen-bond acceptors (Lipinski definition) is 4. The Bertz CT molecular complexity index is 581. The number of ether oxygens (including phenoxy) is 3. The van der Waals surface area contributed by atoms with E-state index in [0.717, 1.165) is 42.3 Å². The molecule has 0 aromatic heterocycles. The third-order valence-electron chi connectivity index (χ3n) is 3.55. The molecule has 2 rings (SSSR count). The van der Waals surface area contributed by atoms with Crippen LogP contribution >= 0.6 is 0 Å². The summed E-state index contributed by atoms with van der Waals surface area (Å²) in [6, 6.07) is 14.0. The van der Waals surface area contributed by atoms with Crippen molar-refractivity contribution in [1.29, 1.82) is 0 Å². The maximum absolute atomic E-state index is 5.38. The molecule has 0 bridgehead atoms. The van der Waals surface area contributed by atoms with Gasteiger partial charge in [0.2, 0.25) is 0 Å². The number of benzene rings is 2. The highest BCUT2D eigenvalue weighted by Crippen LogP contribution is 2.23. The minimum atomic E-state index is 0.747. The average molecular weight is 301 g/mol. The van der Waals surface area contributed by atoms with Gasteiger partial charge >= 0.3 is 0 Å². The van der Waals surface area contributed by atoms with Gasteiger partial charge < -0.3 is 19.5 Å². The molecule has 0 unspecified atom stereocenters. The van der Waals surface area contributed by atoms with E-state index in [4.69, 9.17) is 14.2 Å². The van der Waals surface area contributed by atoms with Gasteiger partial charge in [-0.05, 0) is 48.9 Å². The van der Waals surface area contributed by atoms with Crippen LogP contribution in [0.15, 0.2) is 42.5 Å². The summed E-state index contributed by atoms with van der Waals surface area (Å²) in [6.07, 6.45) is 0.969. The molecule has 0 spiro atoms. The highest BCUT2D eigenvalue weighted by atomic mass is 16.5. The smallest absolute Gasteiger partial charge is 0.123 e. The van der Waals surface area contributed by atoms with E-state index >= 15 is 0 Å². The molecular formula is C18H23NO3. The third kappa shape index (κ3) is 4.40. The number of rotatable bonds is 8. The fraction of sp³-hybridized carbons (Fsp3) is 0.333. The number of hydrogen-bond donors (Lipinski definition) is 1. The lowest BCUT2D eigenvalue weighted by atomic mass is 10.1. The Hall–Kier alpha value is -2.20. The van der Waals surface area contributed by atoms with E-state index < -0.39 is 0 Å². The van der Waals surface area contributed by atoms with Crippen molar-refractivity contribution in [2.45, 2.75) is 13.0 Å². The van der Waals surface area contributed by atoms with Gasteiger partial charge in [-0.15, -0.1) is 0 Å². The van der Waals surface area contributed by atoms with E-state index in [0.29, 0.717) is 0 Å². The van der Waals surface area contributed by atoms with Gasteiger partial charge in [0.25, 0.3) is 0 Å². The summed E-state index contributed by atoms with van der Waals surface area (Å²) in [7, 11) is 5.03. The van der Waals surface area contributed by atoms with E-state index in [-0.39, 0.29) is 0 Å². The van der Waals surface area contributed by atoms with Crippen LogP contribution in [0, 0.1) is 0 Å². The molecule has 2 aromatic carbocycles. The molecule has 0 aliphatic rings. The quantitative estimate of drug-likeness (QED) is 0.761. The molecule has 2 aromatic rings. The Kier molecular flexibility index (Phi) is 6.10. The molecule has 1 N–H and O–H groups in total. The van der Waals surface area contributed by atoms with Crippen LogP contribution in [-0.4, -0.2) is 27.9 Å². The highest BCUT2D eigenvalue weighted by Gasteiger charge is 2.04. The summed E-state index contributed by atoms with van der Waals surface area (Å²) >= 11 is 0. The monoisotopic (exact) mass is 301 g/mol. The van der Waals surface area contributed by atoms with Crippen molar-refractivity contribution in [3.63, 3.8) is 0 Å². The molecule has 0 amide bonds. The van der Waals surface area contributed by atoms with Crippen LogP contribution < -0.4 is 19.5 Å². The van der Waals surface area contributed by atoms with Crippen LogP contribution in [-0.2, 0) is 13.0 Å². The summed E-state index contributed by atoms with van der Waals surface area (Å²) in [5.41, 5.74) is 2.38. The predicted molar refractivity (Wildman–Crippen MR) is 88.0 cm³/mol. The van der Waals surface area contributed by atoms with Crippen LogP contribution in [0.25, 0.3) is 0 Å². The van der Waals surface area contributed by atoms with Gasteiger partial charge in [0.15, 0.2) is 0 Å². The van der Waals surface area contributed by atoms with Crippen molar-refractivity contribution in [1.82, 2.24) is 5.32 Å².